The first-order valence-electron chi connectivity index (χ1n) is 4.67. The van der Waals surface area contributed by atoms with Crippen LogP contribution in [0, 0.1) is 6.92 Å². The quantitative estimate of drug-likeness (QED) is 0.610. The first-order valence-corrected chi connectivity index (χ1v) is 4.67. The first kappa shape index (κ1) is 8.60. The monoisotopic (exact) mass is 207 g/mol. The zero-order valence-corrected chi connectivity index (χ0v) is 8.07. The maximum Gasteiger partial charge on any atom is 0.262 e. The van der Waals surface area contributed by atoms with E-state index in [0.29, 0.717) is 23.1 Å². The van der Waals surface area contributed by atoms with E-state index < -0.39 is 11.5 Å². The Morgan fingerprint density at radius 3 is 3.13 bits per heavy atom. The molecule has 3 heterocycles. The molecule has 1 aromatic rings. The van der Waals surface area contributed by atoms with Crippen molar-refractivity contribution in [3.63, 3.8) is 0 Å². The summed E-state index contributed by atoms with van der Waals surface area (Å²) in [6.45, 7) is 1.99. The van der Waals surface area contributed by atoms with Gasteiger partial charge in [0.1, 0.15) is 11.6 Å². The summed E-state index contributed by atoms with van der Waals surface area (Å²) in [4.78, 5) is 19.7. The molecule has 0 saturated heterocycles. The number of anilines is 1. The third-order valence-corrected chi connectivity index (χ3v) is 2.71. The summed E-state index contributed by atoms with van der Waals surface area (Å²) in [5.74, 6) is 0.742. The maximum absolute atomic E-state index is 11.6. The molecule has 1 amide bonds. The van der Waals surface area contributed by atoms with E-state index in [0.717, 1.165) is 0 Å². The minimum absolute atomic E-state index is 0.241. The van der Waals surface area contributed by atoms with E-state index in [2.05, 4.69) is 15.3 Å². The van der Waals surface area contributed by atoms with Crippen LogP contribution in [-0.2, 0) is 10.4 Å². The predicted molar refractivity (Wildman–Crippen MR) is 49.4 cm³/mol. The van der Waals surface area contributed by atoms with Gasteiger partial charge in [0.2, 0.25) is 5.88 Å². The van der Waals surface area contributed by atoms with E-state index in [4.69, 9.17) is 4.74 Å². The van der Waals surface area contributed by atoms with Gasteiger partial charge >= 0.3 is 0 Å². The van der Waals surface area contributed by atoms with Crippen LogP contribution in [0.1, 0.15) is 17.8 Å². The first-order chi connectivity index (χ1) is 7.11. The Kier molecular flexibility index (Phi) is 1.41. The molecule has 15 heavy (non-hydrogen) atoms. The molecule has 2 N–H and O–H groups in total. The number of rotatable bonds is 0. The van der Waals surface area contributed by atoms with Gasteiger partial charge in [-0.2, -0.15) is 4.98 Å². The zero-order valence-electron chi connectivity index (χ0n) is 8.07. The van der Waals surface area contributed by atoms with E-state index in [-0.39, 0.29) is 13.0 Å². The molecule has 0 saturated carbocycles. The average Bonchev–Trinajstić information content (AvgIpc) is 2.39. The summed E-state index contributed by atoms with van der Waals surface area (Å²) in [7, 11) is 0. The normalized spacial score (nSPS) is 26.9. The molecule has 0 spiro atoms. The molecule has 0 aliphatic carbocycles. The van der Waals surface area contributed by atoms with E-state index in [1.807, 2.05) is 0 Å². The van der Waals surface area contributed by atoms with Gasteiger partial charge < -0.3 is 15.2 Å². The lowest BCUT2D eigenvalue weighted by atomic mass is 9.92. The molecule has 78 valence electrons. The van der Waals surface area contributed by atoms with Crippen molar-refractivity contribution in [1.29, 1.82) is 0 Å². The van der Waals surface area contributed by atoms with Gasteiger partial charge in [0.25, 0.3) is 5.91 Å². The SMILES string of the molecule is Cc1nc2c3c(n1)OCCC3(O)C(=O)N2. The average molecular weight is 207 g/mol. The van der Waals surface area contributed by atoms with Gasteiger partial charge in [-0.25, -0.2) is 4.98 Å². The van der Waals surface area contributed by atoms with Crippen LogP contribution in [0.4, 0.5) is 5.82 Å². The van der Waals surface area contributed by atoms with Gasteiger partial charge in [0.15, 0.2) is 5.60 Å². The highest BCUT2D eigenvalue weighted by atomic mass is 16.5. The Morgan fingerprint density at radius 2 is 2.33 bits per heavy atom. The fraction of sp³-hybridized carbons (Fsp3) is 0.444. The fourth-order valence-electron chi connectivity index (χ4n) is 1.97. The third kappa shape index (κ3) is 0.940. The molecule has 3 rings (SSSR count). The summed E-state index contributed by atoms with van der Waals surface area (Å²) in [6.07, 6.45) is 0.241. The highest BCUT2D eigenvalue weighted by molar-refractivity contribution is 6.04. The Labute approximate surface area is 85.3 Å². The highest BCUT2D eigenvalue weighted by Crippen LogP contribution is 2.44. The number of carbonyl (C=O) groups is 1. The van der Waals surface area contributed by atoms with Crippen molar-refractivity contribution < 1.29 is 14.6 Å². The number of aliphatic hydroxyl groups is 1. The Bertz CT molecular complexity index is 474. The molecular formula is C9H9N3O3. The Hall–Kier alpha value is -1.69. The highest BCUT2D eigenvalue weighted by Gasteiger charge is 2.51. The van der Waals surface area contributed by atoms with Crippen molar-refractivity contribution >= 4 is 11.7 Å². The second-order valence-corrected chi connectivity index (χ2v) is 3.71. The van der Waals surface area contributed by atoms with Gasteiger partial charge in [-0.05, 0) is 6.92 Å². The number of nitrogens with one attached hydrogen (secondary N) is 1. The Morgan fingerprint density at radius 1 is 1.53 bits per heavy atom. The molecule has 6 nitrogen and oxygen atoms in total. The second-order valence-electron chi connectivity index (χ2n) is 3.71. The van der Waals surface area contributed by atoms with E-state index in [1.54, 1.807) is 6.92 Å². The van der Waals surface area contributed by atoms with Crippen molar-refractivity contribution in [3.05, 3.63) is 11.4 Å². The molecule has 0 bridgehead atoms. The lowest BCUT2D eigenvalue weighted by Gasteiger charge is -2.26. The Balaban J connectivity index is 2.32. The van der Waals surface area contributed by atoms with Crippen LogP contribution in [0.25, 0.3) is 0 Å². The standard InChI is InChI=1S/C9H9N3O3/c1-4-10-6-5-7(11-4)15-3-2-9(5,14)8(13)12-6/h14H,2-3H2,1H3,(H,10,11,12,13). The summed E-state index contributed by atoms with van der Waals surface area (Å²) < 4.78 is 5.31. The van der Waals surface area contributed by atoms with Gasteiger partial charge in [-0.15, -0.1) is 0 Å². The number of amides is 1. The minimum atomic E-state index is -1.50. The van der Waals surface area contributed by atoms with Crippen LogP contribution >= 0.6 is 0 Å². The van der Waals surface area contributed by atoms with Crippen molar-refractivity contribution in [2.45, 2.75) is 18.9 Å². The molecular weight excluding hydrogens is 198 g/mol. The maximum atomic E-state index is 11.6. The van der Waals surface area contributed by atoms with Gasteiger partial charge in [-0.3, -0.25) is 4.79 Å². The van der Waals surface area contributed by atoms with Crippen LogP contribution in [0.5, 0.6) is 5.88 Å². The van der Waals surface area contributed by atoms with Crippen molar-refractivity contribution in [3.8, 4) is 5.88 Å². The molecule has 1 atom stereocenters. The van der Waals surface area contributed by atoms with Crippen molar-refractivity contribution in [1.82, 2.24) is 9.97 Å². The second kappa shape index (κ2) is 2.46. The molecule has 2 aliphatic rings. The molecule has 1 aromatic heterocycles. The van der Waals surface area contributed by atoms with Crippen molar-refractivity contribution in [2.75, 3.05) is 11.9 Å². The summed E-state index contributed by atoms with van der Waals surface area (Å²) in [5, 5.41) is 12.7. The zero-order chi connectivity index (χ0) is 10.6. The van der Waals surface area contributed by atoms with Crippen LogP contribution < -0.4 is 10.1 Å². The smallest absolute Gasteiger partial charge is 0.262 e. The molecule has 0 fully saturated rings. The van der Waals surface area contributed by atoms with E-state index >= 15 is 0 Å². The fourth-order valence-corrected chi connectivity index (χ4v) is 1.97. The summed E-state index contributed by atoms with van der Waals surface area (Å²) in [6, 6.07) is 0. The molecule has 0 radical (unpaired) electrons. The number of aromatic nitrogens is 2. The van der Waals surface area contributed by atoms with E-state index in [9.17, 15) is 9.90 Å². The summed E-state index contributed by atoms with van der Waals surface area (Å²) >= 11 is 0. The molecule has 6 heteroatoms. The number of ether oxygens (including phenoxy) is 1. The van der Waals surface area contributed by atoms with Gasteiger partial charge in [0, 0.05) is 6.42 Å². The predicted octanol–water partition coefficient (Wildman–Crippen LogP) is -0.293. The van der Waals surface area contributed by atoms with Crippen molar-refractivity contribution in [2.24, 2.45) is 0 Å². The van der Waals surface area contributed by atoms with Gasteiger partial charge in [-0.1, -0.05) is 0 Å². The van der Waals surface area contributed by atoms with Crippen LogP contribution in [-0.4, -0.2) is 27.6 Å². The van der Waals surface area contributed by atoms with Crippen LogP contribution in [0.2, 0.25) is 0 Å². The summed E-state index contributed by atoms with van der Waals surface area (Å²) in [5.41, 5.74) is -1.12. The van der Waals surface area contributed by atoms with Gasteiger partial charge in [0.05, 0.1) is 12.2 Å². The number of aryl methyl sites for hydroxylation is 1. The lowest BCUT2D eigenvalue weighted by molar-refractivity contribution is -0.136. The molecule has 1 unspecified atom stereocenters. The number of carbonyl (C=O) groups excluding carboxylic acids is 1. The van der Waals surface area contributed by atoms with E-state index in [1.165, 1.54) is 0 Å². The van der Waals surface area contributed by atoms with Crippen LogP contribution in [0.15, 0.2) is 0 Å². The largest absolute Gasteiger partial charge is 0.477 e. The minimum Gasteiger partial charge on any atom is -0.477 e. The molecule has 2 aliphatic heterocycles. The van der Waals surface area contributed by atoms with Crippen LogP contribution in [0.3, 0.4) is 0 Å². The number of hydrogen-bond donors (Lipinski definition) is 2. The molecule has 0 aromatic carbocycles. The topological polar surface area (TPSA) is 84.3 Å². The third-order valence-electron chi connectivity index (χ3n) is 2.71. The lowest BCUT2D eigenvalue weighted by Crippen LogP contribution is -2.38. The number of hydrogen-bond acceptors (Lipinski definition) is 5. The number of nitrogens with zero attached hydrogens (tertiary/aromatic N) is 2.